The average molecular weight is 519 g/mol. The first-order valence-electron chi connectivity index (χ1n) is 12.4. The molecule has 0 heterocycles. The van der Waals surface area contributed by atoms with Gasteiger partial charge in [-0.15, -0.1) is 0 Å². The van der Waals surface area contributed by atoms with Crippen molar-refractivity contribution in [1.29, 1.82) is 0 Å². The zero-order valence-corrected chi connectivity index (χ0v) is 25.5. The van der Waals surface area contributed by atoms with Crippen LogP contribution in [0.3, 0.4) is 0 Å². The maximum atomic E-state index is 6.32. The molecule has 0 unspecified atom stereocenters. The fourth-order valence-corrected chi connectivity index (χ4v) is 4.74. The molecular weight excluding hydrogens is 472 g/mol. The number of rotatable bonds is 12. The van der Waals surface area contributed by atoms with Crippen LogP contribution in [0, 0.1) is 0 Å². The Balaban J connectivity index is 1.64. The molecule has 0 spiro atoms. The summed E-state index contributed by atoms with van der Waals surface area (Å²) in [6.07, 6.45) is 0. The van der Waals surface area contributed by atoms with E-state index in [4.69, 9.17) is 23.1 Å². The van der Waals surface area contributed by atoms with Crippen molar-refractivity contribution in [2.24, 2.45) is 0 Å². The van der Waals surface area contributed by atoms with Gasteiger partial charge in [-0.25, -0.2) is 0 Å². The summed E-state index contributed by atoms with van der Waals surface area (Å²) in [7, 11) is -3.64. The zero-order valence-electron chi connectivity index (χ0n) is 23.5. The van der Waals surface area contributed by atoms with Crippen LogP contribution < -0.4 is 8.85 Å². The van der Waals surface area contributed by atoms with Gasteiger partial charge >= 0.3 is 0 Å². The van der Waals surface area contributed by atoms with Crippen molar-refractivity contribution in [2.45, 2.75) is 91.0 Å². The molecule has 2 aromatic carbocycles. The second-order valence-electron chi connectivity index (χ2n) is 12.1. The lowest BCUT2D eigenvalue weighted by Gasteiger charge is -2.36. The third-order valence-electron chi connectivity index (χ3n) is 7.08. The Morgan fingerprint density at radius 3 is 1.11 bits per heavy atom. The average Bonchev–Trinajstić information content (AvgIpc) is 2.73. The summed E-state index contributed by atoms with van der Waals surface area (Å²) in [5.74, 6) is 1.84. The molecule has 7 heteroatoms. The third kappa shape index (κ3) is 9.39. The van der Waals surface area contributed by atoms with Crippen LogP contribution in [0.1, 0.15) is 52.7 Å². The summed E-state index contributed by atoms with van der Waals surface area (Å²) in [6, 6.07) is 16.2. The molecule has 196 valence electrons. The van der Waals surface area contributed by atoms with Crippen molar-refractivity contribution in [1.82, 2.24) is 0 Å². The van der Waals surface area contributed by atoms with Gasteiger partial charge in [0.05, 0.1) is 13.2 Å². The van der Waals surface area contributed by atoms with Gasteiger partial charge in [-0.2, -0.15) is 0 Å². The van der Waals surface area contributed by atoms with Gasteiger partial charge in [-0.1, -0.05) is 65.8 Å². The minimum absolute atomic E-state index is 0.177. The molecule has 0 aliphatic heterocycles. The highest BCUT2D eigenvalue weighted by Gasteiger charge is 2.39. The van der Waals surface area contributed by atoms with Crippen molar-refractivity contribution in [2.75, 3.05) is 13.6 Å². The van der Waals surface area contributed by atoms with Crippen LogP contribution in [-0.4, -0.2) is 30.2 Å². The van der Waals surface area contributed by atoms with Crippen molar-refractivity contribution >= 4 is 16.6 Å². The summed E-state index contributed by atoms with van der Waals surface area (Å²) in [6.45, 7) is 23.8. The van der Waals surface area contributed by atoms with Crippen molar-refractivity contribution in [3.63, 3.8) is 0 Å². The van der Waals surface area contributed by atoms with E-state index < -0.39 is 16.6 Å². The molecule has 0 fully saturated rings. The molecule has 0 amide bonds. The molecule has 2 rings (SSSR count). The molecule has 0 aliphatic carbocycles. The van der Waals surface area contributed by atoms with E-state index in [1.807, 2.05) is 48.5 Å². The Bertz CT molecular complexity index is 819. The standard InChI is InChI=1S/C28H46O5Si2/c1-27(2,3)34(7,8)32-25-15-11-23(12-16-25)19-29-21-31-22-30-20-24-13-17-26(18-14-24)33-35(9,10)28(4,5)6/h11-18H,19-22H2,1-10H3. The van der Waals surface area contributed by atoms with E-state index in [2.05, 4.69) is 67.7 Å². The van der Waals surface area contributed by atoms with E-state index in [9.17, 15) is 0 Å². The van der Waals surface area contributed by atoms with Gasteiger partial charge < -0.3 is 23.1 Å². The lowest BCUT2D eigenvalue weighted by atomic mass is 10.2. The summed E-state index contributed by atoms with van der Waals surface area (Å²) >= 11 is 0. The van der Waals surface area contributed by atoms with Crippen LogP contribution in [-0.2, 0) is 27.4 Å². The zero-order chi connectivity index (χ0) is 26.3. The SMILES string of the molecule is CC(C)(C)[Si](C)(C)Oc1ccc(COCOCOCc2ccc(O[Si](C)(C)C(C)(C)C)cc2)cc1. The Hall–Kier alpha value is -1.65. The Labute approximate surface area is 215 Å². The van der Waals surface area contributed by atoms with Gasteiger partial charge in [0.2, 0.25) is 16.6 Å². The van der Waals surface area contributed by atoms with Crippen molar-refractivity contribution < 1.29 is 23.1 Å². The Morgan fingerprint density at radius 2 is 0.829 bits per heavy atom. The molecule has 0 saturated heterocycles. The highest BCUT2D eigenvalue weighted by molar-refractivity contribution is 6.75. The number of hydrogen-bond acceptors (Lipinski definition) is 5. The molecule has 0 N–H and O–H groups in total. The van der Waals surface area contributed by atoms with E-state index in [1.165, 1.54) is 0 Å². The monoisotopic (exact) mass is 518 g/mol. The van der Waals surface area contributed by atoms with Crippen LogP contribution in [0.5, 0.6) is 11.5 Å². The van der Waals surface area contributed by atoms with Gasteiger partial charge in [0, 0.05) is 0 Å². The van der Waals surface area contributed by atoms with Gasteiger partial charge in [0.15, 0.2) is 0 Å². The molecular formula is C28H46O5Si2. The first-order valence-corrected chi connectivity index (χ1v) is 18.2. The summed E-state index contributed by atoms with van der Waals surface area (Å²) in [5, 5.41) is 0.355. The van der Waals surface area contributed by atoms with E-state index >= 15 is 0 Å². The van der Waals surface area contributed by atoms with Crippen LogP contribution in [0.2, 0.25) is 36.3 Å². The van der Waals surface area contributed by atoms with Crippen LogP contribution in [0.15, 0.2) is 48.5 Å². The number of ether oxygens (including phenoxy) is 3. The van der Waals surface area contributed by atoms with E-state index in [-0.39, 0.29) is 23.7 Å². The summed E-state index contributed by atoms with van der Waals surface area (Å²) < 4.78 is 29.3. The topological polar surface area (TPSA) is 46.2 Å². The van der Waals surface area contributed by atoms with Crippen LogP contribution in [0.25, 0.3) is 0 Å². The molecule has 0 radical (unpaired) electrons. The second kappa shape index (κ2) is 12.1. The molecule has 5 nitrogen and oxygen atoms in total. The fourth-order valence-electron chi connectivity index (χ4n) is 2.67. The molecule has 35 heavy (non-hydrogen) atoms. The van der Waals surface area contributed by atoms with Gasteiger partial charge in [-0.3, -0.25) is 0 Å². The van der Waals surface area contributed by atoms with Crippen LogP contribution >= 0.6 is 0 Å². The Kier molecular flexibility index (Phi) is 10.2. The van der Waals surface area contributed by atoms with E-state index in [0.29, 0.717) is 13.2 Å². The highest BCUT2D eigenvalue weighted by Crippen LogP contribution is 2.38. The summed E-state index contributed by atoms with van der Waals surface area (Å²) in [5.41, 5.74) is 2.16. The predicted octanol–water partition coefficient (Wildman–Crippen LogP) is 8.12. The number of benzene rings is 2. The molecule has 0 aromatic heterocycles. The first-order chi connectivity index (χ1) is 16.1. The lowest BCUT2D eigenvalue weighted by molar-refractivity contribution is -0.139. The largest absolute Gasteiger partial charge is 0.544 e. The molecule has 2 aromatic rings. The normalized spacial score (nSPS) is 13.1. The van der Waals surface area contributed by atoms with Gasteiger partial charge in [-0.05, 0) is 71.7 Å². The summed E-state index contributed by atoms with van der Waals surface area (Å²) in [4.78, 5) is 0. The highest BCUT2D eigenvalue weighted by atomic mass is 28.4. The molecule has 0 atom stereocenters. The smallest absolute Gasteiger partial charge is 0.250 e. The molecule has 0 aliphatic rings. The maximum absolute atomic E-state index is 6.32. The maximum Gasteiger partial charge on any atom is 0.250 e. The first kappa shape index (κ1) is 29.6. The van der Waals surface area contributed by atoms with E-state index in [1.54, 1.807) is 0 Å². The van der Waals surface area contributed by atoms with Crippen LogP contribution in [0.4, 0.5) is 0 Å². The second-order valence-corrected chi connectivity index (χ2v) is 21.6. The molecule has 0 bridgehead atoms. The quantitative estimate of drug-likeness (QED) is 0.161. The minimum Gasteiger partial charge on any atom is -0.544 e. The fraction of sp³-hybridized carbons (Fsp3) is 0.571. The number of hydrogen-bond donors (Lipinski definition) is 0. The third-order valence-corrected chi connectivity index (χ3v) is 15.8. The van der Waals surface area contributed by atoms with Gasteiger partial charge in [0.1, 0.15) is 25.1 Å². The lowest BCUT2D eigenvalue weighted by Crippen LogP contribution is -2.43. The van der Waals surface area contributed by atoms with Crippen molar-refractivity contribution in [3.8, 4) is 11.5 Å². The predicted molar refractivity (Wildman–Crippen MR) is 149 cm³/mol. The van der Waals surface area contributed by atoms with Crippen molar-refractivity contribution in [3.05, 3.63) is 59.7 Å². The molecule has 0 saturated carbocycles. The Morgan fingerprint density at radius 1 is 0.514 bits per heavy atom. The van der Waals surface area contributed by atoms with E-state index in [0.717, 1.165) is 22.6 Å². The minimum atomic E-state index is -1.82. The van der Waals surface area contributed by atoms with Gasteiger partial charge in [0.25, 0.3) is 0 Å².